The van der Waals surface area contributed by atoms with Gasteiger partial charge in [0.25, 0.3) is 5.56 Å². The Kier molecular flexibility index (Phi) is 8.30. The number of para-hydroxylation sites is 2. The predicted molar refractivity (Wildman–Crippen MR) is 146 cm³/mol. The molecule has 1 aromatic heterocycles. The first-order chi connectivity index (χ1) is 18.0. The van der Waals surface area contributed by atoms with E-state index in [0.717, 1.165) is 22.2 Å². The highest BCUT2D eigenvalue weighted by molar-refractivity contribution is 5.92. The van der Waals surface area contributed by atoms with Crippen LogP contribution in [-0.4, -0.2) is 20.9 Å². The fourth-order valence-electron chi connectivity index (χ4n) is 4.23. The summed E-state index contributed by atoms with van der Waals surface area (Å²) in [5.41, 5.74) is 1.93. The molecule has 0 saturated carbocycles. The summed E-state index contributed by atoms with van der Waals surface area (Å²) in [6.45, 7) is 1.96. The van der Waals surface area contributed by atoms with Gasteiger partial charge in [-0.15, -0.1) is 0 Å². The number of nitrogens with one attached hydrogen (secondary N) is 2. The molecule has 0 radical (unpaired) electrons. The molecule has 3 aromatic carbocycles. The van der Waals surface area contributed by atoms with Crippen LogP contribution in [0.25, 0.3) is 10.9 Å². The maximum absolute atomic E-state index is 13.3. The predicted octanol–water partition coefficient (Wildman–Crippen LogP) is 4.17. The number of rotatable bonds is 10. The maximum atomic E-state index is 13.3. The van der Waals surface area contributed by atoms with Crippen molar-refractivity contribution in [2.24, 2.45) is 0 Å². The van der Waals surface area contributed by atoms with Gasteiger partial charge in [0.1, 0.15) is 6.54 Å². The summed E-state index contributed by atoms with van der Waals surface area (Å²) in [6.07, 6.45) is 2.08. The van der Waals surface area contributed by atoms with E-state index in [9.17, 15) is 19.2 Å². The average Bonchev–Trinajstić information content (AvgIpc) is 2.91. The molecular formula is C29H30N4O4. The average molecular weight is 499 g/mol. The lowest BCUT2D eigenvalue weighted by molar-refractivity contribution is -0.117. The number of hydrogen-bond acceptors (Lipinski definition) is 4. The van der Waals surface area contributed by atoms with Crippen LogP contribution in [-0.2, 0) is 29.1 Å². The summed E-state index contributed by atoms with van der Waals surface area (Å²) in [5.74, 6) is -0.485. The minimum atomic E-state index is -0.546. The first-order valence-corrected chi connectivity index (χ1v) is 12.4. The summed E-state index contributed by atoms with van der Waals surface area (Å²) in [6, 6.07) is 23.5. The molecule has 0 aliphatic rings. The number of unbranched alkanes of at least 4 members (excludes halogenated alkanes) is 1. The quantitative estimate of drug-likeness (QED) is 0.320. The van der Waals surface area contributed by atoms with Gasteiger partial charge in [-0.25, -0.2) is 4.79 Å². The Hall–Kier alpha value is -4.46. The van der Waals surface area contributed by atoms with E-state index in [1.807, 2.05) is 55.5 Å². The third kappa shape index (κ3) is 6.41. The Balaban J connectivity index is 1.48. The molecule has 37 heavy (non-hydrogen) atoms. The minimum absolute atomic E-state index is 0.127. The van der Waals surface area contributed by atoms with Crippen molar-refractivity contribution in [3.8, 4) is 0 Å². The van der Waals surface area contributed by atoms with Crippen molar-refractivity contribution in [3.63, 3.8) is 0 Å². The van der Waals surface area contributed by atoms with Crippen molar-refractivity contribution in [2.45, 2.75) is 45.7 Å². The zero-order chi connectivity index (χ0) is 26.2. The normalized spacial score (nSPS) is 10.8. The zero-order valence-corrected chi connectivity index (χ0v) is 20.8. The van der Waals surface area contributed by atoms with E-state index in [-0.39, 0.29) is 31.3 Å². The molecule has 2 N–H and O–H groups in total. The SMILES string of the molecule is CCc1cccc(NC(=O)Cn2c(=O)n(CCCCC(=O)Nc3ccccc3)c(=O)c3ccccc32)c1. The number of nitrogens with zero attached hydrogens (tertiary/aromatic N) is 2. The lowest BCUT2D eigenvalue weighted by atomic mass is 10.1. The van der Waals surface area contributed by atoms with Crippen LogP contribution >= 0.6 is 0 Å². The molecule has 8 nitrogen and oxygen atoms in total. The fraction of sp³-hybridized carbons (Fsp3) is 0.241. The van der Waals surface area contributed by atoms with E-state index in [2.05, 4.69) is 10.6 Å². The minimum Gasteiger partial charge on any atom is -0.326 e. The van der Waals surface area contributed by atoms with Crippen molar-refractivity contribution >= 4 is 34.1 Å². The number of carbonyl (C=O) groups is 2. The van der Waals surface area contributed by atoms with Crippen molar-refractivity contribution in [2.75, 3.05) is 10.6 Å². The number of aromatic nitrogens is 2. The second kappa shape index (κ2) is 12.0. The number of benzene rings is 3. The van der Waals surface area contributed by atoms with Gasteiger partial charge in [-0.05, 0) is 61.2 Å². The smallest absolute Gasteiger partial charge is 0.326 e. The lowest BCUT2D eigenvalue weighted by Crippen LogP contribution is -2.41. The number of aryl methyl sites for hydroxylation is 1. The molecule has 190 valence electrons. The van der Waals surface area contributed by atoms with Crippen LogP contribution in [0.5, 0.6) is 0 Å². The molecule has 0 unspecified atom stereocenters. The Morgan fingerprint density at radius 3 is 2.24 bits per heavy atom. The van der Waals surface area contributed by atoms with Crippen LogP contribution in [0.1, 0.15) is 31.7 Å². The van der Waals surface area contributed by atoms with Gasteiger partial charge >= 0.3 is 5.69 Å². The zero-order valence-electron chi connectivity index (χ0n) is 20.8. The highest BCUT2D eigenvalue weighted by Crippen LogP contribution is 2.13. The number of amides is 2. The molecule has 1 heterocycles. The fourth-order valence-corrected chi connectivity index (χ4v) is 4.23. The van der Waals surface area contributed by atoms with E-state index in [4.69, 9.17) is 0 Å². The molecule has 0 aliphatic heterocycles. The van der Waals surface area contributed by atoms with E-state index < -0.39 is 11.2 Å². The molecule has 4 aromatic rings. The van der Waals surface area contributed by atoms with E-state index in [0.29, 0.717) is 29.4 Å². The van der Waals surface area contributed by atoms with E-state index in [1.165, 1.54) is 4.57 Å². The van der Waals surface area contributed by atoms with Crippen LogP contribution in [0.15, 0.2) is 88.5 Å². The van der Waals surface area contributed by atoms with Crippen LogP contribution < -0.4 is 21.9 Å². The Morgan fingerprint density at radius 2 is 1.46 bits per heavy atom. The molecular weight excluding hydrogens is 468 g/mol. The van der Waals surface area contributed by atoms with Crippen molar-refractivity contribution in [1.29, 1.82) is 0 Å². The molecule has 4 rings (SSSR count). The summed E-state index contributed by atoms with van der Waals surface area (Å²) >= 11 is 0. The number of fused-ring (bicyclic) bond motifs is 1. The first-order valence-electron chi connectivity index (χ1n) is 12.4. The third-order valence-corrected chi connectivity index (χ3v) is 6.15. The molecule has 0 fully saturated rings. The molecule has 0 saturated heterocycles. The molecule has 0 aliphatic carbocycles. The first kappa shape index (κ1) is 25.6. The summed E-state index contributed by atoms with van der Waals surface area (Å²) in [5, 5.41) is 6.04. The largest absolute Gasteiger partial charge is 0.331 e. The second-order valence-electron chi connectivity index (χ2n) is 8.82. The van der Waals surface area contributed by atoms with Gasteiger partial charge in [-0.1, -0.05) is 49.4 Å². The standard InChI is InChI=1S/C29H30N4O4/c1-2-21-11-10-14-23(19-21)31-27(35)20-33-25-16-7-6-15-24(25)28(36)32(29(33)37)18-9-8-17-26(34)30-22-12-4-3-5-13-22/h3-7,10-16,19H,2,8-9,17-18,20H2,1H3,(H,30,34)(H,31,35). The number of anilines is 2. The van der Waals surface area contributed by atoms with Crippen LogP contribution in [0.2, 0.25) is 0 Å². The van der Waals surface area contributed by atoms with Crippen molar-refractivity contribution in [3.05, 3.63) is 105 Å². The Labute approximate surface area is 214 Å². The van der Waals surface area contributed by atoms with E-state index in [1.54, 1.807) is 30.3 Å². The van der Waals surface area contributed by atoms with Gasteiger partial charge < -0.3 is 10.6 Å². The van der Waals surface area contributed by atoms with Crippen molar-refractivity contribution in [1.82, 2.24) is 9.13 Å². The molecule has 0 spiro atoms. The maximum Gasteiger partial charge on any atom is 0.331 e. The molecule has 0 bridgehead atoms. The van der Waals surface area contributed by atoms with Crippen LogP contribution in [0.3, 0.4) is 0 Å². The molecule has 8 heteroatoms. The van der Waals surface area contributed by atoms with Crippen molar-refractivity contribution < 1.29 is 9.59 Å². The third-order valence-electron chi connectivity index (χ3n) is 6.15. The van der Waals surface area contributed by atoms with Gasteiger partial charge in [0.05, 0.1) is 10.9 Å². The van der Waals surface area contributed by atoms with Gasteiger partial charge in [-0.3, -0.25) is 23.5 Å². The monoisotopic (exact) mass is 498 g/mol. The van der Waals surface area contributed by atoms with Crippen LogP contribution in [0, 0.1) is 0 Å². The number of hydrogen-bond donors (Lipinski definition) is 2. The second-order valence-corrected chi connectivity index (χ2v) is 8.82. The summed E-state index contributed by atoms with van der Waals surface area (Å²) in [4.78, 5) is 51.5. The van der Waals surface area contributed by atoms with E-state index >= 15 is 0 Å². The highest BCUT2D eigenvalue weighted by Gasteiger charge is 2.15. The lowest BCUT2D eigenvalue weighted by Gasteiger charge is -2.14. The molecule has 0 atom stereocenters. The Morgan fingerprint density at radius 1 is 0.757 bits per heavy atom. The van der Waals surface area contributed by atoms with Gasteiger partial charge in [0.2, 0.25) is 11.8 Å². The summed E-state index contributed by atoms with van der Waals surface area (Å²) in [7, 11) is 0. The highest BCUT2D eigenvalue weighted by atomic mass is 16.2. The van der Waals surface area contributed by atoms with Crippen LogP contribution in [0.4, 0.5) is 11.4 Å². The van der Waals surface area contributed by atoms with Gasteiger partial charge in [0, 0.05) is 24.3 Å². The number of carbonyl (C=O) groups excluding carboxylic acids is 2. The molecule has 2 amide bonds. The van der Waals surface area contributed by atoms with Gasteiger partial charge in [0.15, 0.2) is 0 Å². The summed E-state index contributed by atoms with van der Waals surface area (Å²) < 4.78 is 2.49. The Bertz CT molecular complexity index is 1520. The van der Waals surface area contributed by atoms with Gasteiger partial charge in [-0.2, -0.15) is 0 Å². The topological polar surface area (TPSA) is 102 Å².